The summed E-state index contributed by atoms with van der Waals surface area (Å²) in [6.45, 7) is 3.84. The maximum Gasteiger partial charge on any atom is 0.418 e. The molecule has 0 aliphatic heterocycles. The monoisotopic (exact) mass is 247 g/mol. The molecule has 0 bridgehead atoms. The zero-order valence-corrected chi connectivity index (χ0v) is 9.38. The minimum absolute atomic E-state index is 0.221. The molecule has 1 heterocycles. The largest absolute Gasteiger partial charge is 0.478 e. The van der Waals surface area contributed by atoms with Crippen molar-refractivity contribution in [2.24, 2.45) is 0 Å². The number of aromatic nitrogens is 1. The average molecular weight is 247 g/mol. The Labute approximate surface area is 96.2 Å². The number of hydrogen-bond donors (Lipinski definition) is 1. The molecule has 0 saturated carbocycles. The van der Waals surface area contributed by atoms with Gasteiger partial charge in [-0.15, -0.1) is 0 Å². The van der Waals surface area contributed by atoms with E-state index in [0.717, 1.165) is 18.0 Å². The molecule has 0 aromatic carbocycles. The highest BCUT2D eigenvalue weighted by molar-refractivity contribution is 5.89. The minimum atomic E-state index is -4.65. The van der Waals surface area contributed by atoms with Gasteiger partial charge in [0.05, 0.1) is 11.1 Å². The predicted molar refractivity (Wildman–Crippen MR) is 55.8 cm³/mol. The predicted octanol–water partition coefficient (Wildman–Crippen LogP) is 3.17. The number of allylic oxidation sites excluding steroid dienone is 2. The number of hydrogen-bond acceptors (Lipinski definition) is 1. The summed E-state index contributed by atoms with van der Waals surface area (Å²) in [7, 11) is 0. The van der Waals surface area contributed by atoms with Crippen molar-refractivity contribution >= 4 is 5.97 Å². The first-order valence-corrected chi connectivity index (χ1v) is 4.85. The second-order valence-corrected chi connectivity index (χ2v) is 3.87. The Kier molecular flexibility index (Phi) is 3.65. The maximum absolute atomic E-state index is 12.5. The van der Waals surface area contributed by atoms with Crippen LogP contribution >= 0.6 is 0 Å². The molecule has 0 aliphatic carbocycles. The molecule has 0 unspecified atom stereocenters. The van der Waals surface area contributed by atoms with Crippen molar-refractivity contribution in [3.8, 4) is 0 Å². The number of nitrogens with zero attached hydrogens (tertiary/aromatic N) is 1. The summed E-state index contributed by atoms with van der Waals surface area (Å²) in [5, 5.41) is 8.69. The molecule has 1 aromatic rings. The fourth-order valence-corrected chi connectivity index (χ4v) is 1.30. The molecule has 3 nitrogen and oxygen atoms in total. The summed E-state index contributed by atoms with van der Waals surface area (Å²) >= 11 is 0. The molecule has 94 valence electrons. The molecule has 0 radical (unpaired) electrons. The maximum atomic E-state index is 12.5. The van der Waals surface area contributed by atoms with Gasteiger partial charge in [-0.25, -0.2) is 4.79 Å². The Bertz CT molecular complexity index is 454. The third-order valence-electron chi connectivity index (χ3n) is 2.13. The van der Waals surface area contributed by atoms with Crippen LogP contribution in [0.25, 0.3) is 0 Å². The van der Waals surface area contributed by atoms with Crippen molar-refractivity contribution in [2.45, 2.75) is 26.6 Å². The van der Waals surface area contributed by atoms with Crippen LogP contribution in [-0.2, 0) is 12.7 Å². The first kappa shape index (κ1) is 13.3. The summed E-state index contributed by atoms with van der Waals surface area (Å²) < 4.78 is 38.8. The first-order valence-electron chi connectivity index (χ1n) is 4.85. The van der Waals surface area contributed by atoms with Crippen LogP contribution in [0.4, 0.5) is 13.2 Å². The molecule has 0 spiro atoms. The smallest absolute Gasteiger partial charge is 0.418 e. The lowest BCUT2D eigenvalue weighted by Gasteiger charge is -2.04. The molecular formula is C11H12F3NO2. The van der Waals surface area contributed by atoms with Gasteiger partial charge in [-0.1, -0.05) is 11.6 Å². The molecule has 0 amide bonds. The lowest BCUT2D eigenvalue weighted by atomic mass is 10.2. The third-order valence-corrected chi connectivity index (χ3v) is 2.13. The molecule has 0 aliphatic rings. The SMILES string of the molecule is CC(C)=CCn1cc(C(=O)O)c(C(F)(F)F)c1. The Morgan fingerprint density at radius 1 is 1.41 bits per heavy atom. The van der Waals surface area contributed by atoms with Gasteiger partial charge in [0.1, 0.15) is 0 Å². The number of alkyl halides is 3. The molecule has 1 N–H and O–H groups in total. The molecule has 0 fully saturated rings. The van der Waals surface area contributed by atoms with E-state index in [1.54, 1.807) is 6.08 Å². The summed E-state index contributed by atoms with van der Waals surface area (Å²) in [5.41, 5.74) is -0.893. The lowest BCUT2D eigenvalue weighted by molar-refractivity contribution is -0.138. The number of carbonyl (C=O) groups is 1. The lowest BCUT2D eigenvalue weighted by Crippen LogP contribution is -2.09. The van der Waals surface area contributed by atoms with Crippen LogP contribution in [0, 0.1) is 0 Å². The fraction of sp³-hybridized carbons (Fsp3) is 0.364. The third kappa shape index (κ3) is 3.37. The number of carboxylic acid groups (broad SMARTS) is 1. The Morgan fingerprint density at radius 2 is 2.00 bits per heavy atom. The van der Waals surface area contributed by atoms with Crippen molar-refractivity contribution in [1.29, 1.82) is 0 Å². The molecule has 1 aromatic heterocycles. The number of aromatic carboxylic acids is 1. The van der Waals surface area contributed by atoms with Gasteiger partial charge in [-0.2, -0.15) is 13.2 Å². The van der Waals surface area contributed by atoms with Gasteiger partial charge in [0.25, 0.3) is 0 Å². The van der Waals surface area contributed by atoms with Gasteiger partial charge in [-0.3, -0.25) is 0 Å². The first-order chi connectivity index (χ1) is 7.71. The quantitative estimate of drug-likeness (QED) is 0.833. The van der Waals surface area contributed by atoms with Crippen molar-refractivity contribution in [3.05, 3.63) is 35.2 Å². The van der Waals surface area contributed by atoms with Gasteiger partial charge in [0.2, 0.25) is 0 Å². The van der Waals surface area contributed by atoms with Crippen LogP contribution in [0.5, 0.6) is 0 Å². The molecular weight excluding hydrogens is 235 g/mol. The number of carboxylic acids is 1. The highest BCUT2D eigenvalue weighted by Crippen LogP contribution is 2.32. The number of rotatable bonds is 3. The molecule has 6 heteroatoms. The minimum Gasteiger partial charge on any atom is -0.478 e. The van der Waals surface area contributed by atoms with Crippen LogP contribution in [0.1, 0.15) is 29.8 Å². The van der Waals surface area contributed by atoms with Gasteiger partial charge in [0, 0.05) is 18.9 Å². The zero-order chi connectivity index (χ0) is 13.2. The van der Waals surface area contributed by atoms with E-state index in [1.165, 1.54) is 4.57 Å². The number of halogens is 3. The van der Waals surface area contributed by atoms with Crippen molar-refractivity contribution in [2.75, 3.05) is 0 Å². The van der Waals surface area contributed by atoms with Crippen molar-refractivity contribution in [3.63, 3.8) is 0 Å². The molecule has 0 atom stereocenters. The van der Waals surface area contributed by atoms with Crippen LogP contribution in [0.3, 0.4) is 0 Å². The van der Waals surface area contributed by atoms with Crippen LogP contribution in [0.2, 0.25) is 0 Å². The van der Waals surface area contributed by atoms with Crippen molar-refractivity contribution in [1.82, 2.24) is 4.57 Å². The van der Waals surface area contributed by atoms with Crippen LogP contribution in [-0.4, -0.2) is 15.6 Å². The zero-order valence-electron chi connectivity index (χ0n) is 9.38. The van der Waals surface area contributed by atoms with E-state index in [-0.39, 0.29) is 6.54 Å². The standard InChI is InChI=1S/C11H12F3NO2/c1-7(2)3-4-15-5-8(10(16)17)9(6-15)11(12,13)14/h3,5-6H,4H2,1-2H3,(H,16,17). The second kappa shape index (κ2) is 4.65. The van der Waals surface area contributed by atoms with E-state index in [4.69, 9.17) is 5.11 Å². The Hall–Kier alpha value is -1.72. The van der Waals surface area contributed by atoms with Gasteiger partial charge < -0.3 is 9.67 Å². The van der Waals surface area contributed by atoms with E-state index >= 15 is 0 Å². The average Bonchev–Trinajstić information content (AvgIpc) is 2.57. The van der Waals surface area contributed by atoms with Gasteiger partial charge >= 0.3 is 12.1 Å². The summed E-state index contributed by atoms with van der Waals surface area (Å²) in [4.78, 5) is 10.7. The highest BCUT2D eigenvalue weighted by Gasteiger charge is 2.36. The van der Waals surface area contributed by atoms with E-state index in [2.05, 4.69) is 0 Å². The second-order valence-electron chi connectivity index (χ2n) is 3.87. The summed E-state index contributed by atoms with van der Waals surface area (Å²) in [6, 6.07) is 0. The van der Waals surface area contributed by atoms with E-state index < -0.39 is 23.3 Å². The Morgan fingerprint density at radius 3 is 2.35 bits per heavy atom. The van der Waals surface area contributed by atoms with E-state index in [9.17, 15) is 18.0 Å². The molecule has 0 saturated heterocycles. The van der Waals surface area contributed by atoms with Crippen LogP contribution in [0.15, 0.2) is 24.0 Å². The molecule has 17 heavy (non-hydrogen) atoms. The molecule has 1 rings (SSSR count). The van der Waals surface area contributed by atoms with E-state index in [1.807, 2.05) is 13.8 Å². The van der Waals surface area contributed by atoms with E-state index in [0.29, 0.717) is 0 Å². The van der Waals surface area contributed by atoms with Crippen LogP contribution < -0.4 is 0 Å². The summed E-state index contributed by atoms with van der Waals surface area (Å²) in [6.07, 6.45) is -1.14. The van der Waals surface area contributed by atoms with Gasteiger partial charge in [0.15, 0.2) is 0 Å². The van der Waals surface area contributed by atoms with Gasteiger partial charge in [-0.05, 0) is 13.8 Å². The summed E-state index contributed by atoms with van der Waals surface area (Å²) in [5.74, 6) is -1.58. The van der Waals surface area contributed by atoms with Crippen molar-refractivity contribution < 1.29 is 23.1 Å². The topological polar surface area (TPSA) is 42.2 Å². The highest BCUT2D eigenvalue weighted by atomic mass is 19.4. The Balaban J connectivity index is 3.13. The fourth-order valence-electron chi connectivity index (χ4n) is 1.30. The normalized spacial score (nSPS) is 11.4.